The molecule has 0 amide bonds. The Hall–Kier alpha value is -0.620. The van der Waals surface area contributed by atoms with Gasteiger partial charge >= 0.3 is 0 Å². The van der Waals surface area contributed by atoms with E-state index in [9.17, 15) is 8.42 Å². The summed E-state index contributed by atoms with van der Waals surface area (Å²) in [5, 5.41) is 0. The molecule has 0 heterocycles. The highest BCUT2D eigenvalue weighted by Gasteiger charge is 2.11. The molecule has 0 aliphatic heterocycles. The largest absolute Gasteiger partial charge is 0.329 e. The molecule has 0 aromatic heterocycles. The van der Waals surface area contributed by atoms with Crippen LogP contribution in [0.3, 0.4) is 0 Å². The van der Waals surface area contributed by atoms with Gasteiger partial charge in [-0.05, 0) is 24.6 Å². The summed E-state index contributed by atoms with van der Waals surface area (Å²) in [4.78, 5) is 0.283. The Balaban J connectivity index is 0.00000196. The molecule has 15 heavy (non-hydrogen) atoms. The van der Waals surface area contributed by atoms with E-state index in [4.69, 9.17) is 5.73 Å². The Morgan fingerprint density at radius 1 is 1.40 bits per heavy atom. The predicted octanol–water partition coefficient (Wildman–Crippen LogP) is 0.654. The molecule has 0 bridgehead atoms. The van der Waals surface area contributed by atoms with Gasteiger partial charge in [0.05, 0.1) is 4.90 Å². The average molecular weight is 251 g/mol. The van der Waals surface area contributed by atoms with Gasteiger partial charge in [-0.15, -0.1) is 12.4 Å². The Kier molecular flexibility index (Phi) is 5.82. The fourth-order valence-corrected chi connectivity index (χ4v) is 2.21. The summed E-state index contributed by atoms with van der Waals surface area (Å²) in [7, 11) is -3.37. The van der Waals surface area contributed by atoms with Gasteiger partial charge in [-0.25, -0.2) is 13.1 Å². The van der Waals surface area contributed by atoms with Crippen LogP contribution >= 0.6 is 12.4 Å². The number of halogens is 1. The molecule has 0 spiro atoms. The highest BCUT2D eigenvalue weighted by Crippen LogP contribution is 2.09. The van der Waals surface area contributed by atoms with Crippen LogP contribution in [0, 0.1) is 6.92 Å². The van der Waals surface area contributed by atoms with E-state index in [0.717, 1.165) is 5.56 Å². The molecule has 4 nitrogen and oxygen atoms in total. The molecule has 6 heteroatoms. The van der Waals surface area contributed by atoms with Crippen molar-refractivity contribution < 1.29 is 8.42 Å². The van der Waals surface area contributed by atoms with Crippen molar-refractivity contribution in [3.8, 4) is 0 Å². The van der Waals surface area contributed by atoms with Crippen molar-refractivity contribution in [3.05, 3.63) is 29.8 Å². The number of nitrogens with one attached hydrogen (secondary N) is 1. The SMILES string of the molecule is Cc1cccc(S(=O)(=O)NCCN)c1.Cl. The van der Waals surface area contributed by atoms with Crippen molar-refractivity contribution in [2.75, 3.05) is 13.1 Å². The molecule has 1 aromatic rings. The first kappa shape index (κ1) is 14.4. The molecule has 0 saturated carbocycles. The fraction of sp³-hybridized carbons (Fsp3) is 0.333. The summed E-state index contributed by atoms with van der Waals surface area (Å²) in [6, 6.07) is 6.75. The first-order chi connectivity index (χ1) is 6.56. The zero-order chi connectivity index (χ0) is 10.6. The first-order valence-corrected chi connectivity index (χ1v) is 5.81. The minimum Gasteiger partial charge on any atom is -0.329 e. The van der Waals surface area contributed by atoms with Crippen LogP contribution in [0.1, 0.15) is 5.56 Å². The van der Waals surface area contributed by atoms with Crippen LogP contribution in [-0.4, -0.2) is 21.5 Å². The molecule has 86 valence electrons. The summed E-state index contributed by atoms with van der Waals surface area (Å²) >= 11 is 0. The molecule has 0 fully saturated rings. The van der Waals surface area contributed by atoms with E-state index in [-0.39, 0.29) is 23.8 Å². The lowest BCUT2D eigenvalue weighted by atomic mass is 10.2. The monoisotopic (exact) mass is 250 g/mol. The minimum absolute atomic E-state index is 0. The lowest BCUT2D eigenvalue weighted by Gasteiger charge is -2.05. The van der Waals surface area contributed by atoms with Crippen LogP contribution in [0.15, 0.2) is 29.2 Å². The summed E-state index contributed by atoms with van der Waals surface area (Å²) in [5.74, 6) is 0. The first-order valence-electron chi connectivity index (χ1n) is 4.32. The Morgan fingerprint density at radius 2 is 2.07 bits per heavy atom. The van der Waals surface area contributed by atoms with E-state index < -0.39 is 10.0 Å². The summed E-state index contributed by atoms with van der Waals surface area (Å²) in [6.45, 7) is 2.41. The predicted molar refractivity (Wildman–Crippen MR) is 62.7 cm³/mol. The Labute approximate surface area is 96.3 Å². The van der Waals surface area contributed by atoms with Gasteiger partial charge in [-0.1, -0.05) is 12.1 Å². The summed E-state index contributed by atoms with van der Waals surface area (Å²) in [6.07, 6.45) is 0. The molecule has 0 aliphatic carbocycles. The van der Waals surface area contributed by atoms with Gasteiger partial charge in [0, 0.05) is 13.1 Å². The maximum Gasteiger partial charge on any atom is 0.240 e. The van der Waals surface area contributed by atoms with Crippen LogP contribution in [0.5, 0.6) is 0 Å². The molecule has 0 unspecified atom stereocenters. The number of aryl methyl sites for hydroxylation is 1. The van der Waals surface area contributed by atoms with Crippen molar-refractivity contribution in [2.45, 2.75) is 11.8 Å². The van der Waals surface area contributed by atoms with Gasteiger partial charge in [-0.2, -0.15) is 0 Å². The highest BCUT2D eigenvalue weighted by atomic mass is 35.5. The van der Waals surface area contributed by atoms with Crippen LogP contribution in [-0.2, 0) is 10.0 Å². The number of sulfonamides is 1. The average Bonchev–Trinajstić information content (AvgIpc) is 2.15. The quantitative estimate of drug-likeness (QED) is 0.824. The molecule has 0 aliphatic rings. The molecule has 0 atom stereocenters. The van der Waals surface area contributed by atoms with Gasteiger partial charge in [0.1, 0.15) is 0 Å². The standard InChI is InChI=1S/C9H14N2O2S.ClH/c1-8-3-2-4-9(7-8)14(12,13)11-6-5-10;/h2-4,7,11H,5-6,10H2,1H3;1H. The third-order valence-corrected chi connectivity index (χ3v) is 3.19. The number of rotatable bonds is 4. The number of hydrogen-bond donors (Lipinski definition) is 2. The second kappa shape index (κ2) is 6.07. The Bertz CT molecular complexity index is 406. The zero-order valence-corrected chi connectivity index (χ0v) is 10.1. The fourth-order valence-electron chi connectivity index (χ4n) is 1.06. The minimum atomic E-state index is -3.37. The molecule has 0 saturated heterocycles. The van der Waals surface area contributed by atoms with Gasteiger partial charge < -0.3 is 5.73 Å². The van der Waals surface area contributed by atoms with E-state index in [1.54, 1.807) is 18.2 Å². The molecule has 0 radical (unpaired) electrons. The summed E-state index contributed by atoms with van der Waals surface area (Å²) < 4.78 is 25.6. The van der Waals surface area contributed by atoms with E-state index in [0.29, 0.717) is 6.54 Å². The van der Waals surface area contributed by atoms with Gasteiger partial charge in [0.15, 0.2) is 0 Å². The van der Waals surface area contributed by atoms with Crippen LogP contribution in [0.4, 0.5) is 0 Å². The lowest BCUT2D eigenvalue weighted by molar-refractivity contribution is 0.582. The van der Waals surface area contributed by atoms with Crippen LogP contribution in [0.2, 0.25) is 0 Å². The van der Waals surface area contributed by atoms with Gasteiger partial charge in [0.2, 0.25) is 10.0 Å². The van der Waals surface area contributed by atoms with Crippen molar-refractivity contribution in [2.24, 2.45) is 5.73 Å². The van der Waals surface area contributed by atoms with Crippen molar-refractivity contribution in [1.82, 2.24) is 4.72 Å². The zero-order valence-electron chi connectivity index (χ0n) is 8.43. The molecule has 3 N–H and O–H groups in total. The van der Waals surface area contributed by atoms with E-state index in [1.807, 2.05) is 13.0 Å². The van der Waals surface area contributed by atoms with Crippen LogP contribution in [0.25, 0.3) is 0 Å². The molecule has 1 rings (SSSR count). The molecular formula is C9H15ClN2O2S. The Morgan fingerprint density at radius 3 is 2.60 bits per heavy atom. The normalized spacial score (nSPS) is 10.8. The van der Waals surface area contributed by atoms with Crippen molar-refractivity contribution >= 4 is 22.4 Å². The summed E-state index contributed by atoms with van der Waals surface area (Å²) in [5.41, 5.74) is 6.13. The van der Waals surface area contributed by atoms with E-state index in [2.05, 4.69) is 4.72 Å². The third-order valence-electron chi connectivity index (χ3n) is 1.74. The molecular weight excluding hydrogens is 236 g/mol. The number of nitrogens with two attached hydrogens (primary N) is 1. The van der Waals surface area contributed by atoms with Crippen molar-refractivity contribution in [1.29, 1.82) is 0 Å². The third kappa shape index (κ3) is 4.17. The topological polar surface area (TPSA) is 72.2 Å². The second-order valence-electron chi connectivity index (χ2n) is 3.00. The lowest BCUT2D eigenvalue weighted by Crippen LogP contribution is -2.29. The molecule has 1 aromatic carbocycles. The van der Waals surface area contributed by atoms with E-state index >= 15 is 0 Å². The van der Waals surface area contributed by atoms with Gasteiger partial charge in [-0.3, -0.25) is 0 Å². The van der Waals surface area contributed by atoms with Crippen molar-refractivity contribution in [3.63, 3.8) is 0 Å². The number of hydrogen-bond acceptors (Lipinski definition) is 3. The maximum atomic E-state index is 11.6. The highest BCUT2D eigenvalue weighted by molar-refractivity contribution is 7.89. The second-order valence-corrected chi connectivity index (χ2v) is 4.77. The number of benzene rings is 1. The van der Waals surface area contributed by atoms with Crippen LogP contribution < -0.4 is 10.5 Å². The van der Waals surface area contributed by atoms with Gasteiger partial charge in [0.25, 0.3) is 0 Å². The smallest absolute Gasteiger partial charge is 0.240 e. The van der Waals surface area contributed by atoms with E-state index in [1.165, 1.54) is 0 Å². The maximum absolute atomic E-state index is 11.6.